The fourth-order valence-corrected chi connectivity index (χ4v) is 3.39. The molecule has 0 aliphatic carbocycles. The summed E-state index contributed by atoms with van der Waals surface area (Å²) < 4.78 is 17.3. The zero-order chi connectivity index (χ0) is 21.2. The Labute approximate surface area is 179 Å². The highest BCUT2D eigenvalue weighted by Gasteiger charge is 2.19. The fraction of sp³-hybridized carbons (Fsp3) is 0.458. The molecule has 1 aliphatic heterocycles. The van der Waals surface area contributed by atoms with Crippen molar-refractivity contribution in [1.82, 2.24) is 10.6 Å². The van der Waals surface area contributed by atoms with Crippen LogP contribution in [0.1, 0.15) is 36.1 Å². The van der Waals surface area contributed by atoms with Crippen LogP contribution in [0.3, 0.4) is 0 Å². The van der Waals surface area contributed by atoms with E-state index in [9.17, 15) is 0 Å². The summed E-state index contributed by atoms with van der Waals surface area (Å²) in [6, 6.07) is 16.5. The molecule has 162 valence electrons. The molecule has 2 aromatic rings. The van der Waals surface area contributed by atoms with Gasteiger partial charge in [-0.15, -0.1) is 0 Å². The van der Waals surface area contributed by atoms with E-state index in [1.807, 2.05) is 18.2 Å². The van der Waals surface area contributed by atoms with Crippen LogP contribution in [-0.4, -0.2) is 45.5 Å². The molecule has 0 saturated carbocycles. The lowest BCUT2D eigenvalue weighted by atomic mass is 10.1. The number of rotatable bonds is 9. The molecule has 30 heavy (non-hydrogen) atoms. The number of aliphatic imine (C=N–C) groups is 1. The average molecular weight is 412 g/mol. The Kier molecular flexibility index (Phi) is 8.53. The monoisotopic (exact) mass is 411 g/mol. The van der Waals surface area contributed by atoms with E-state index in [0.29, 0.717) is 19.7 Å². The Balaban J connectivity index is 1.66. The molecule has 1 aliphatic rings. The number of nitrogens with one attached hydrogen (secondary N) is 2. The molecule has 0 radical (unpaired) electrons. The first-order valence-corrected chi connectivity index (χ1v) is 10.6. The molecule has 2 N–H and O–H groups in total. The highest BCUT2D eigenvalue weighted by Crippen LogP contribution is 2.24. The van der Waals surface area contributed by atoms with E-state index in [-0.39, 0.29) is 12.2 Å². The van der Waals surface area contributed by atoms with Gasteiger partial charge < -0.3 is 24.8 Å². The molecule has 2 aromatic carbocycles. The van der Waals surface area contributed by atoms with Crippen LogP contribution in [0.25, 0.3) is 0 Å². The van der Waals surface area contributed by atoms with Gasteiger partial charge >= 0.3 is 0 Å². The number of nitrogens with zero attached hydrogens (tertiary/aromatic N) is 1. The maximum atomic E-state index is 6.20. The summed E-state index contributed by atoms with van der Waals surface area (Å²) in [4.78, 5) is 4.78. The van der Waals surface area contributed by atoms with Crippen molar-refractivity contribution in [3.8, 4) is 5.75 Å². The third-order valence-electron chi connectivity index (χ3n) is 5.07. The topological polar surface area (TPSA) is 64.1 Å². The second-order valence-electron chi connectivity index (χ2n) is 7.43. The van der Waals surface area contributed by atoms with Crippen LogP contribution >= 0.6 is 0 Å². The standard InChI is InChI=1S/C24H33N3O3/c1-4-25-24(27-16-23(28-3)19-8-6-5-7-9-19)26-15-20-11-10-18(2)14-22(20)30-21-12-13-29-17-21/h5-11,14,21,23H,4,12-13,15-17H2,1-3H3,(H2,25,26,27). The molecule has 6 heteroatoms. The molecule has 0 aromatic heterocycles. The third-order valence-corrected chi connectivity index (χ3v) is 5.07. The van der Waals surface area contributed by atoms with E-state index in [0.717, 1.165) is 42.4 Å². The lowest BCUT2D eigenvalue weighted by Gasteiger charge is -2.19. The second-order valence-corrected chi connectivity index (χ2v) is 7.43. The van der Waals surface area contributed by atoms with Crippen molar-refractivity contribution in [2.45, 2.75) is 39.0 Å². The number of aryl methyl sites for hydroxylation is 1. The lowest BCUT2D eigenvalue weighted by molar-refractivity contribution is 0.106. The number of methoxy groups -OCH3 is 1. The maximum absolute atomic E-state index is 6.20. The minimum Gasteiger partial charge on any atom is -0.488 e. The van der Waals surface area contributed by atoms with Gasteiger partial charge in [0.2, 0.25) is 0 Å². The molecule has 1 heterocycles. The third kappa shape index (κ3) is 6.47. The quantitative estimate of drug-likeness (QED) is 0.488. The Bertz CT molecular complexity index is 805. The summed E-state index contributed by atoms with van der Waals surface area (Å²) >= 11 is 0. The van der Waals surface area contributed by atoms with E-state index >= 15 is 0 Å². The molecule has 0 amide bonds. The van der Waals surface area contributed by atoms with Gasteiger partial charge in [-0.25, -0.2) is 4.99 Å². The van der Waals surface area contributed by atoms with Crippen molar-refractivity contribution in [2.75, 3.05) is 33.4 Å². The van der Waals surface area contributed by atoms with E-state index in [4.69, 9.17) is 19.2 Å². The van der Waals surface area contributed by atoms with Crippen molar-refractivity contribution in [3.63, 3.8) is 0 Å². The highest BCUT2D eigenvalue weighted by atomic mass is 16.5. The van der Waals surface area contributed by atoms with Crippen molar-refractivity contribution < 1.29 is 14.2 Å². The van der Waals surface area contributed by atoms with E-state index in [1.54, 1.807) is 7.11 Å². The van der Waals surface area contributed by atoms with Gasteiger partial charge in [0.1, 0.15) is 11.9 Å². The normalized spacial score (nSPS) is 17.6. The number of guanidine groups is 1. The maximum Gasteiger partial charge on any atom is 0.191 e. The Hall–Kier alpha value is -2.57. The molecule has 0 bridgehead atoms. The summed E-state index contributed by atoms with van der Waals surface area (Å²) in [7, 11) is 1.73. The van der Waals surface area contributed by atoms with Gasteiger partial charge in [0.25, 0.3) is 0 Å². The average Bonchev–Trinajstić information content (AvgIpc) is 3.27. The lowest BCUT2D eigenvalue weighted by Crippen LogP contribution is -2.39. The largest absolute Gasteiger partial charge is 0.488 e. The van der Waals surface area contributed by atoms with E-state index in [2.05, 4.69) is 54.8 Å². The molecular weight excluding hydrogens is 378 g/mol. The SMILES string of the molecule is CCNC(=NCc1ccc(C)cc1OC1CCOC1)NCC(OC)c1ccccc1. The van der Waals surface area contributed by atoms with Crippen LogP contribution in [0.15, 0.2) is 53.5 Å². The molecule has 0 spiro atoms. The van der Waals surface area contributed by atoms with E-state index < -0.39 is 0 Å². The van der Waals surface area contributed by atoms with Gasteiger partial charge in [0, 0.05) is 32.2 Å². The summed E-state index contributed by atoms with van der Waals surface area (Å²) in [6.45, 7) is 7.49. The first kappa shape index (κ1) is 22.1. The van der Waals surface area contributed by atoms with Gasteiger partial charge in [-0.2, -0.15) is 0 Å². The Morgan fingerprint density at radius 1 is 1.20 bits per heavy atom. The predicted octanol–water partition coefficient (Wildman–Crippen LogP) is 3.61. The molecule has 6 nitrogen and oxygen atoms in total. The number of benzene rings is 2. The van der Waals surface area contributed by atoms with Crippen LogP contribution in [-0.2, 0) is 16.0 Å². The number of hydrogen-bond donors (Lipinski definition) is 2. The zero-order valence-electron chi connectivity index (χ0n) is 18.2. The highest BCUT2D eigenvalue weighted by molar-refractivity contribution is 5.79. The molecule has 1 fully saturated rings. The molecule has 3 rings (SSSR count). The summed E-state index contributed by atoms with van der Waals surface area (Å²) in [5.41, 5.74) is 3.37. The summed E-state index contributed by atoms with van der Waals surface area (Å²) in [5, 5.41) is 6.71. The molecular formula is C24H33N3O3. The van der Waals surface area contributed by atoms with Crippen LogP contribution in [0, 0.1) is 6.92 Å². The minimum absolute atomic E-state index is 0.0457. The molecule has 2 atom stereocenters. The zero-order valence-corrected chi connectivity index (χ0v) is 18.2. The van der Waals surface area contributed by atoms with Gasteiger partial charge in [-0.3, -0.25) is 0 Å². The van der Waals surface area contributed by atoms with Crippen LogP contribution in [0.2, 0.25) is 0 Å². The van der Waals surface area contributed by atoms with Crippen molar-refractivity contribution in [3.05, 3.63) is 65.2 Å². The number of ether oxygens (including phenoxy) is 3. The minimum atomic E-state index is -0.0457. The van der Waals surface area contributed by atoms with Crippen molar-refractivity contribution in [2.24, 2.45) is 4.99 Å². The second kappa shape index (κ2) is 11.6. The van der Waals surface area contributed by atoms with Crippen LogP contribution in [0.5, 0.6) is 5.75 Å². The van der Waals surface area contributed by atoms with Crippen molar-refractivity contribution >= 4 is 5.96 Å². The first-order valence-electron chi connectivity index (χ1n) is 10.6. The van der Waals surface area contributed by atoms with Gasteiger partial charge in [-0.05, 0) is 31.0 Å². The first-order chi connectivity index (χ1) is 14.7. The summed E-state index contributed by atoms with van der Waals surface area (Å²) in [5.74, 6) is 1.65. The number of hydrogen-bond acceptors (Lipinski definition) is 4. The van der Waals surface area contributed by atoms with E-state index in [1.165, 1.54) is 5.56 Å². The smallest absolute Gasteiger partial charge is 0.191 e. The summed E-state index contributed by atoms with van der Waals surface area (Å²) in [6.07, 6.45) is 1.00. The van der Waals surface area contributed by atoms with Crippen LogP contribution < -0.4 is 15.4 Å². The molecule has 1 saturated heterocycles. The fourth-order valence-electron chi connectivity index (χ4n) is 3.39. The van der Waals surface area contributed by atoms with Crippen LogP contribution in [0.4, 0.5) is 0 Å². The van der Waals surface area contributed by atoms with Gasteiger partial charge in [-0.1, -0.05) is 42.5 Å². The predicted molar refractivity (Wildman–Crippen MR) is 120 cm³/mol. The van der Waals surface area contributed by atoms with Crippen molar-refractivity contribution in [1.29, 1.82) is 0 Å². The van der Waals surface area contributed by atoms with Gasteiger partial charge in [0.05, 0.1) is 25.9 Å². The Morgan fingerprint density at radius 3 is 2.73 bits per heavy atom. The Morgan fingerprint density at radius 2 is 2.03 bits per heavy atom. The van der Waals surface area contributed by atoms with Gasteiger partial charge in [0.15, 0.2) is 5.96 Å². The molecule has 2 unspecified atom stereocenters.